The molecule has 2 fully saturated rings. The molecule has 0 radical (unpaired) electrons. The minimum atomic E-state index is -0.335. The van der Waals surface area contributed by atoms with Crippen LogP contribution in [-0.4, -0.2) is 33.0 Å². The van der Waals surface area contributed by atoms with Crippen LogP contribution in [0.25, 0.3) is 0 Å². The molecule has 7 heteroatoms. The Kier molecular flexibility index (Phi) is 3.16. The first kappa shape index (κ1) is 13.4. The van der Waals surface area contributed by atoms with Crippen molar-refractivity contribution in [1.29, 1.82) is 0 Å². The highest BCUT2D eigenvalue weighted by Crippen LogP contribution is 2.39. The van der Waals surface area contributed by atoms with E-state index in [0.29, 0.717) is 17.6 Å². The molecule has 2 saturated heterocycles. The number of nitrogens with zero attached hydrogens (tertiary/aromatic N) is 3. The summed E-state index contributed by atoms with van der Waals surface area (Å²) in [5.74, 6) is 0.522. The Labute approximate surface area is 117 Å². The van der Waals surface area contributed by atoms with Crippen LogP contribution in [0.15, 0.2) is 0 Å². The highest BCUT2D eigenvalue weighted by atomic mass is 16.6. The second-order valence-corrected chi connectivity index (χ2v) is 5.98. The lowest BCUT2D eigenvalue weighted by Gasteiger charge is -2.20. The van der Waals surface area contributed by atoms with E-state index in [1.807, 2.05) is 13.8 Å². The van der Waals surface area contributed by atoms with Crippen molar-refractivity contribution in [2.45, 2.75) is 57.3 Å². The van der Waals surface area contributed by atoms with E-state index in [1.54, 1.807) is 11.7 Å². The van der Waals surface area contributed by atoms with Gasteiger partial charge in [-0.2, -0.15) is 5.10 Å². The fourth-order valence-electron chi connectivity index (χ4n) is 3.23. The van der Waals surface area contributed by atoms with Crippen LogP contribution in [0.1, 0.15) is 44.7 Å². The van der Waals surface area contributed by atoms with Crippen molar-refractivity contribution in [2.75, 3.05) is 5.32 Å². The molecule has 0 aliphatic carbocycles. The summed E-state index contributed by atoms with van der Waals surface area (Å²) in [6.45, 7) is 3.83. The third kappa shape index (κ3) is 2.06. The summed E-state index contributed by atoms with van der Waals surface area (Å²) >= 11 is 0. The number of nitro groups is 1. The van der Waals surface area contributed by atoms with Gasteiger partial charge >= 0.3 is 5.69 Å². The summed E-state index contributed by atoms with van der Waals surface area (Å²) in [4.78, 5) is 11.0. The van der Waals surface area contributed by atoms with Gasteiger partial charge in [0.25, 0.3) is 0 Å². The number of hydrogen-bond acceptors (Lipinski definition) is 5. The molecule has 3 unspecified atom stereocenters. The number of ether oxygens (including phenoxy) is 1. The Morgan fingerprint density at radius 1 is 1.50 bits per heavy atom. The number of rotatable bonds is 4. The Hall–Kier alpha value is -1.63. The SMILES string of the molecule is CC(C)c1nn(C)c(NC2CC3CCC2O3)c1[N+](=O)[O-]. The molecule has 7 nitrogen and oxygen atoms in total. The summed E-state index contributed by atoms with van der Waals surface area (Å²) in [5, 5.41) is 19.0. The van der Waals surface area contributed by atoms with Crippen LogP contribution >= 0.6 is 0 Å². The van der Waals surface area contributed by atoms with Gasteiger partial charge in [0.2, 0.25) is 5.82 Å². The van der Waals surface area contributed by atoms with Crippen LogP contribution in [0.2, 0.25) is 0 Å². The van der Waals surface area contributed by atoms with Crippen molar-refractivity contribution in [3.63, 3.8) is 0 Å². The third-order valence-corrected chi connectivity index (χ3v) is 4.21. The number of anilines is 1. The Morgan fingerprint density at radius 3 is 2.75 bits per heavy atom. The molecule has 1 aromatic heterocycles. The molecular weight excluding hydrogens is 260 g/mol. The molecule has 2 aliphatic rings. The molecular formula is C13H20N4O3. The first-order valence-corrected chi connectivity index (χ1v) is 7.10. The van der Waals surface area contributed by atoms with Crippen molar-refractivity contribution in [3.05, 3.63) is 15.8 Å². The van der Waals surface area contributed by atoms with Crippen molar-refractivity contribution >= 4 is 11.5 Å². The predicted octanol–water partition coefficient (Wildman–Crippen LogP) is 2.18. The Morgan fingerprint density at radius 2 is 2.25 bits per heavy atom. The fourth-order valence-corrected chi connectivity index (χ4v) is 3.23. The predicted molar refractivity (Wildman–Crippen MR) is 73.9 cm³/mol. The molecule has 1 aromatic rings. The van der Waals surface area contributed by atoms with E-state index in [2.05, 4.69) is 10.4 Å². The van der Waals surface area contributed by atoms with Crippen LogP contribution in [0, 0.1) is 10.1 Å². The number of aryl methyl sites for hydroxylation is 1. The lowest BCUT2D eigenvalue weighted by molar-refractivity contribution is -0.384. The van der Waals surface area contributed by atoms with Gasteiger partial charge in [0.15, 0.2) is 0 Å². The molecule has 3 atom stereocenters. The van der Waals surface area contributed by atoms with Gasteiger partial charge in [-0.25, -0.2) is 4.68 Å². The number of fused-ring (bicyclic) bond motifs is 2. The topological polar surface area (TPSA) is 82.2 Å². The molecule has 20 heavy (non-hydrogen) atoms. The van der Waals surface area contributed by atoms with Crippen LogP contribution in [-0.2, 0) is 11.8 Å². The van der Waals surface area contributed by atoms with Gasteiger partial charge in [0, 0.05) is 13.0 Å². The zero-order valence-corrected chi connectivity index (χ0v) is 12.0. The normalized spacial score (nSPS) is 28.3. The lowest BCUT2D eigenvalue weighted by Crippen LogP contribution is -2.31. The zero-order chi connectivity index (χ0) is 14.4. The van der Waals surface area contributed by atoms with Crippen molar-refractivity contribution in [1.82, 2.24) is 9.78 Å². The van der Waals surface area contributed by atoms with Crippen molar-refractivity contribution in [2.24, 2.45) is 7.05 Å². The molecule has 0 amide bonds. The Bertz CT molecular complexity index is 540. The van der Waals surface area contributed by atoms with Crippen molar-refractivity contribution in [3.8, 4) is 0 Å². The maximum absolute atomic E-state index is 11.4. The molecule has 3 heterocycles. The van der Waals surface area contributed by atoms with E-state index in [-0.39, 0.29) is 28.7 Å². The summed E-state index contributed by atoms with van der Waals surface area (Å²) in [7, 11) is 1.75. The highest BCUT2D eigenvalue weighted by molar-refractivity contribution is 5.61. The fraction of sp³-hybridized carbons (Fsp3) is 0.769. The smallest absolute Gasteiger partial charge is 0.334 e. The summed E-state index contributed by atoms with van der Waals surface area (Å²) < 4.78 is 7.37. The van der Waals surface area contributed by atoms with E-state index in [1.165, 1.54) is 0 Å². The van der Waals surface area contributed by atoms with E-state index in [0.717, 1.165) is 19.3 Å². The van der Waals surface area contributed by atoms with Gasteiger partial charge in [-0.15, -0.1) is 0 Å². The minimum absolute atomic E-state index is 0.0217. The monoisotopic (exact) mass is 280 g/mol. The first-order chi connectivity index (χ1) is 9.47. The van der Waals surface area contributed by atoms with Gasteiger partial charge in [-0.1, -0.05) is 13.8 Å². The quantitative estimate of drug-likeness (QED) is 0.675. The average molecular weight is 280 g/mol. The Balaban J connectivity index is 1.90. The summed E-state index contributed by atoms with van der Waals surface area (Å²) in [6.07, 6.45) is 3.55. The van der Waals surface area contributed by atoms with E-state index >= 15 is 0 Å². The first-order valence-electron chi connectivity index (χ1n) is 7.10. The van der Waals surface area contributed by atoms with E-state index in [9.17, 15) is 10.1 Å². The number of hydrogen-bond donors (Lipinski definition) is 1. The van der Waals surface area contributed by atoms with E-state index in [4.69, 9.17) is 4.74 Å². The molecule has 0 spiro atoms. The molecule has 110 valence electrons. The van der Waals surface area contributed by atoms with Crippen LogP contribution in [0.3, 0.4) is 0 Å². The van der Waals surface area contributed by atoms with Crippen LogP contribution < -0.4 is 5.32 Å². The van der Waals surface area contributed by atoms with Gasteiger partial charge in [-0.05, 0) is 19.3 Å². The largest absolute Gasteiger partial charge is 0.373 e. The van der Waals surface area contributed by atoms with E-state index < -0.39 is 0 Å². The zero-order valence-electron chi connectivity index (χ0n) is 12.0. The molecule has 1 N–H and O–H groups in total. The average Bonchev–Trinajstić information content (AvgIpc) is 3.04. The molecule has 0 aromatic carbocycles. The lowest BCUT2D eigenvalue weighted by atomic mass is 9.95. The summed E-state index contributed by atoms with van der Waals surface area (Å²) in [5.41, 5.74) is 0.634. The third-order valence-electron chi connectivity index (χ3n) is 4.21. The van der Waals surface area contributed by atoms with Gasteiger partial charge in [-0.3, -0.25) is 10.1 Å². The summed E-state index contributed by atoms with van der Waals surface area (Å²) in [6, 6.07) is 0.155. The van der Waals surface area contributed by atoms with Crippen LogP contribution in [0.5, 0.6) is 0 Å². The molecule has 0 saturated carbocycles. The minimum Gasteiger partial charge on any atom is -0.373 e. The maximum atomic E-state index is 11.4. The van der Waals surface area contributed by atoms with Crippen molar-refractivity contribution < 1.29 is 9.66 Å². The number of nitrogens with one attached hydrogen (secondary N) is 1. The standard InChI is InChI=1S/C13H20N4O3/c1-7(2)11-12(17(18)19)13(16(3)15-11)14-9-6-8-4-5-10(9)20-8/h7-10,14H,4-6H2,1-3H3. The molecule has 2 bridgehead atoms. The van der Waals surface area contributed by atoms with Gasteiger partial charge in [0.05, 0.1) is 23.2 Å². The second kappa shape index (κ2) is 4.73. The highest BCUT2D eigenvalue weighted by Gasteiger charge is 2.42. The molecule has 3 rings (SSSR count). The number of aromatic nitrogens is 2. The van der Waals surface area contributed by atoms with Gasteiger partial charge < -0.3 is 10.1 Å². The van der Waals surface area contributed by atoms with Crippen LogP contribution in [0.4, 0.5) is 11.5 Å². The van der Waals surface area contributed by atoms with Gasteiger partial charge in [0.1, 0.15) is 5.69 Å². The second-order valence-electron chi connectivity index (χ2n) is 5.98. The maximum Gasteiger partial charge on any atom is 0.334 e. The molecule has 2 aliphatic heterocycles.